The molecular formula is C23H37NO3. The average Bonchev–Trinajstić information content (AvgIpc) is 2.52. The monoisotopic (exact) mass is 375 g/mol. The van der Waals surface area contributed by atoms with Gasteiger partial charge < -0.3 is 15.3 Å². The number of rotatable bonds is 7. The Kier molecular flexibility index (Phi) is 7.40. The van der Waals surface area contributed by atoms with Crippen LogP contribution in [0.2, 0.25) is 0 Å². The maximum atomic E-state index is 12.5. The lowest BCUT2D eigenvalue weighted by Crippen LogP contribution is -2.54. The smallest absolute Gasteiger partial charge is 0.334 e. The standard InChI is InChI=1S/C23H37NO3/c1-16(2)18(13-17-9-11-19(12-10-17)21(3,4)5)14-23(24,15-25)20(26)27-22(6,7)8/h9-12,15-16,18H,13-14,24H2,1-8H3/t18-,23-/m0/s1. The fraction of sp³-hybridized carbons (Fsp3) is 0.652. The zero-order valence-corrected chi connectivity index (χ0v) is 18.3. The molecule has 4 nitrogen and oxygen atoms in total. The second-order valence-electron chi connectivity index (χ2n) is 10.0. The molecule has 0 radical (unpaired) electrons. The van der Waals surface area contributed by atoms with Crippen LogP contribution in [-0.2, 0) is 26.2 Å². The topological polar surface area (TPSA) is 69.4 Å². The Morgan fingerprint density at radius 1 is 1.07 bits per heavy atom. The molecule has 1 rings (SSSR count). The Morgan fingerprint density at radius 2 is 1.59 bits per heavy atom. The predicted molar refractivity (Wildman–Crippen MR) is 111 cm³/mol. The van der Waals surface area contributed by atoms with Crippen molar-refractivity contribution < 1.29 is 14.3 Å². The Balaban J connectivity index is 2.97. The molecule has 0 heterocycles. The Hall–Kier alpha value is -1.68. The molecule has 0 aliphatic rings. The highest BCUT2D eigenvalue weighted by atomic mass is 16.6. The number of carbonyl (C=O) groups is 2. The molecule has 2 atom stereocenters. The quantitative estimate of drug-likeness (QED) is 0.435. The SMILES string of the molecule is CC(C)[C@@H](Cc1ccc(C(C)(C)C)cc1)C[C@](N)(C=O)C(=O)OC(C)(C)C. The average molecular weight is 376 g/mol. The van der Waals surface area contributed by atoms with E-state index in [1.165, 1.54) is 11.1 Å². The van der Waals surface area contributed by atoms with Gasteiger partial charge in [0.1, 0.15) is 5.60 Å². The van der Waals surface area contributed by atoms with E-state index in [-0.39, 0.29) is 23.7 Å². The second-order valence-corrected chi connectivity index (χ2v) is 10.0. The summed E-state index contributed by atoms with van der Waals surface area (Å²) in [5.74, 6) is -0.287. The fourth-order valence-corrected chi connectivity index (χ4v) is 2.97. The molecule has 0 fully saturated rings. The third-order valence-electron chi connectivity index (χ3n) is 4.85. The molecule has 4 heteroatoms. The van der Waals surface area contributed by atoms with Crippen molar-refractivity contribution in [1.82, 2.24) is 0 Å². The highest BCUT2D eigenvalue weighted by Gasteiger charge is 2.40. The fourth-order valence-electron chi connectivity index (χ4n) is 2.97. The van der Waals surface area contributed by atoms with Crippen LogP contribution in [0.4, 0.5) is 0 Å². The normalized spacial score (nSPS) is 15.9. The summed E-state index contributed by atoms with van der Waals surface area (Å²) in [6.45, 7) is 16.1. The van der Waals surface area contributed by atoms with Gasteiger partial charge in [-0.2, -0.15) is 0 Å². The molecule has 0 aliphatic heterocycles. The molecule has 0 saturated carbocycles. The zero-order valence-electron chi connectivity index (χ0n) is 18.3. The summed E-state index contributed by atoms with van der Waals surface area (Å²) in [5, 5.41) is 0. The molecule has 1 aromatic carbocycles. The van der Waals surface area contributed by atoms with Gasteiger partial charge >= 0.3 is 5.97 Å². The lowest BCUT2D eigenvalue weighted by Gasteiger charge is -2.31. The molecule has 0 saturated heterocycles. The van der Waals surface area contributed by atoms with Crippen LogP contribution in [0.25, 0.3) is 0 Å². The number of hydrogen-bond acceptors (Lipinski definition) is 4. The van der Waals surface area contributed by atoms with Gasteiger partial charge in [0, 0.05) is 0 Å². The molecule has 1 aromatic rings. The lowest BCUT2D eigenvalue weighted by atomic mass is 9.79. The van der Waals surface area contributed by atoms with Gasteiger partial charge in [0.25, 0.3) is 0 Å². The van der Waals surface area contributed by atoms with Crippen LogP contribution in [0.3, 0.4) is 0 Å². The molecular weight excluding hydrogens is 338 g/mol. The van der Waals surface area contributed by atoms with E-state index in [4.69, 9.17) is 10.5 Å². The summed E-state index contributed by atoms with van der Waals surface area (Å²) < 4.78 is 5.38. The molecule has 0 amide bonds. The van der Waals surface area contributed by atoms with Crippen LogP contribution in [0.1, 0.15) is 72.9 Å². The van der Waals surface area contributed by atoms with Gasteiger partial charge in [-0.3, -0.25) is 0 Å². The van der Waals surface area contributed by atoms with Crippen molar-refractivity contribution >= 4 is 12.3 Å². The van der Waals surface area contributed by atoms with E-state index in [2.05, 4.69) is 58.9 Å². The summed E-state index contributed by atoms with van der Waals surface area (Å²) in [5.41, 5.74) is 6.45. The molecule has 0 unspecified atom stereocenters. The number of aldehydes is 1. The minimum Gasteiger partial charge on any atom is -0.458 e. The van der Waals surface area contributed by atoms with Crippen LogP contribution >= 0.6 is 0 Å². The largest absolute Gasteiger partial charge is 0.458 e. The third kappa shape index (κ3) is 7.10. The molecule has 0 bridgehead atoms. The van der Waals surface area contributed by atoms with E-state index < -0.39 is 17.1 Å². The number of hydrogen-bond donors (Lipinski definition) is 1. The zero-order chi connectivity index (χ0) is 21.0. The van der Waals surface area contributed by atoms with E-state index in [1.807, 2.05) is 0 Å². The Bertz CT molecular complexity index is 635. The minimum absolute atomic E-state index is 0.0909. The van der Waals surface area contributed by atoms with Crippen LogP contribution in [0.15, 0.2) is 24.3 Å². The van der Waals surface area contributed by atoms with Gasteiger partial charge in [-0.15, -0.1) is 0 Å². The maximum absolute atomic E-state index is 12.5. The summed E-state index contributed by atoms with van der Waals surface area (Å²) in [6.07, 6.45) is 1.57. The molecule has 27 heavy (non-hydrogen) atoms. The number of carbonyl (C=O) groups excluding carboxylic acids is 2. The van der Waals surface area contributed by atoms with Gasteiger partial charge in [0.05, 0.1) is 0 Å². The van der Waals surface area contributed by atoms with Crippen molar-refractivity contribution in [2.24, 2.45) is 17.6 Å². The van der Waals surface area contributed by atoms with Crippen LogP contribution < -0.4 is 5.73 Å². The van der Waals surface area contributed by atoms with Crippen molar-refractivity contribution in [2.75, 3.05) is 0 Å². The van der Waals surface area contributed by atoms with Crippen LogP contribution in [0.5, 0.6) is 0 Å². The summed E-state index contributed by atoms with van der Waals surface area (Å²) in [6, 6.07) is 8.55. The van der Waals surface area contributed by atoms with Crippen molar-refractivity contribution in [2.45, 2.75) is 84.8 Å². The lowest BCUT2D eigenvalue weighted by molar-refractivity contribution is -0.163. The van der Waals surface area contributed by atoms with Gasteiger partial charge in [-0.05, 0) is 62.0 Å². The number of nitrogens with two attached hydrogens (primary N) is 1. The molecule has 0 aromatic heterocycles. The summed E-state index contributed by atoms with van der Waals surface area (Å²) >= 11 is 0. The van der Waals surface area contributed by atoms with Crippen molar-refractivity contribution in [3.8, 4) is 0 Å². The first-order valence-electron chi connectivity index (χ1n) is 9.76. The van der Waals surface area contributed by atoms with Gasteiger partial charge in [0.2, 0.25) is 0 Å². The maximum Gasteiger partial charge on any atom is 0.334 e. The number of ether oxygens (including phenoxy) is 1. The van der Waals surface area contributed by atoms with E-state index in [1.54, 1.807) is 20.8 Å². The van der Waals surface area contributed by atoms with E-state index in [0.717, 1.165) is 6.42 Å². The highest BCUT2D eigenvalue weighted by Crippen LogP contribution is 2.28. The van der Waals surface area contributed by atoms with Crippen molar-refractivity contribution in [3.63, 3.8) is 0 Å². The highest BCUT2D eigenvalue weighted by molar-refractivity contribution is 5.98. The van der Waals surface area contributed by atoms with Crippen molar-refractivity contribution in [3.05, 3.63) is 35.4 Å². The van der Waals surface area contributed by atoms with Crippen LogP contribution in [0, 0.1) is 11.8 Å². The van der Waals surface area contributed by atoms with Gasteiger partial charge in [-0.1, -0.05) is 58.9 Å². The van der Waals surface area contributed by atoms with Gasteiger partial charge in [0.15, 0.2) is 11.8 Å². The van der Waals surface area contributed by atoms with Crippen LogP contribution in [-0.4, -0.2) is 23.4 Å². The molecule has 0 aliphatic carbocycles. The van der Waals surface area contributed by atoms with Gasteiger partial charge in [-0.25, -0.2) is 4.79 Å². The summed E-state index contributed by atoms with van der Waals surface area (Å²) in [4.78, 5) is 24.2. The predicted octanol–water partition coefficient (Wildman–Crippen LogP) is 4.43. The molecule has 2 N–H and O–H groups in total. The first-order valence-corrected chi connectivity index (χ1v) is 9.76. The second kappa shape index (κ2) is 8.55. The number of esters is 1. The minimum atomic E-state index is -1.62. The Morgan fingerprint density at radius 3 is 1.96 bits per heavy atom. The summed E-state index contributed by atoms with van der Waals surface area (Å²) in [7, 11) is 0. The molecule has 0 spiro atoms. The van der Waals surface area contributed by atoms with Crippen molar-refractivity contribution in [1.29, 1.82) is 0 Å². The Labute approximate surface area is 164 Å². The first kappa shape index (κ1) is 23.4. The van der Waals surface area contributed by atoms with E-state index >= 15 is 0 Å². The van der Waals surface area contributed by atoms with E-state index in [9.17, 15) is 9.59 Å². The molecule has 152 valence electrons. The number of benzene rings is 1. The first-order chi connectivity index (χ1) is 12.2. The van der Waals surface area contributed by atoms with E-state index in [0.29, 0.717) is 6.29 Å². The third-order valence-corrected chi connectivity index (χ3v) is 4.85.